The van der Waals surface area contributed by atoms with E-state index in [1.165, 1.54) is 32.7 Å². The Morgan fingerprint density at radius 2 is 1.11 bits per heavy atom. The summed E-state index contributed by atoms with van der Waals surface area (Å²) in [7, 11) is 13.3. The number of fused-ring (bicyclic) bond motifs is 2. The third-order valence-corrected chi connectivity index (χ3v) is 4.14. The quantitative estimate of drug-likeness (QED) is 0.300. The summed E-state index contributed by atoms with van der Waals surface area (Å²) in [6.07, 6.45) is 0. The van der Waals surface area contributed by atoms with Crippen molar-refractivity contribution in [3.63, 3.8) is 0 Å². The van der Waals surface area contributed by atoms with Crippen LogP contribution in [0.15, 0.2) is 72.8 Å². The van der Waals surface area contributed by atoms with Gasteiger partial charge in [-0.05, 0) is 0 Å². The van der Waals surface area contributed by atoms with Gasteiger partial charge in [-0.15, -0.1) is 93.3 Å². The molecule has 2 nitrogen and oxygen atoms in total. The van der Waals surface area contributed by atoms with Crippen LogP contribution < -0.4 is 0 Å². The Bertz CT molecular complexity index is 854. The van der Waals surface area contributed by atoms with Gasteiger partial charge in [0.05, 0.1) is 0 Å². The molecule has 0 aliphatic heterocycles. The number of rotatable bonds is 4. The first-order valence-electron chi connectivity index (χ1n) is 8.45. The topological polar surface area (TPSA) is 18.5 Å². The van der Waals surface area contributed by atoms with Crippen LogP contribution in [0.5, 0.6) is 0 Å². The maximum absolute atomic E-state index is 5.09. The molecule has 0 unspecified atom stereocenters. The van der Waals surface area contributed by atoms with Gasteiger partial charge in [-0.1, -0.05) is 12.1 Å². The van der Waals surface area contributed by atoms with E-state index in [0.29, 0.717) is 13.2 Å². The van der Waals surface area contributed by atoms with Crippen LogP contribution in [0.3, 0.4) is 0 Å². The summed E-state index contributed by atoms with van der Waals surface area (Å²) in [5, 5.41) is 5.20. The van der Waals surface area contributed by atoms with Gasteiger partial charge in [-0.25, -0.2) is 0 Å². The molecule has 4 aromatic carbocycles. The van der Waals surface area contributed by atoms with Gasteiger partial charge >= 0.3 is 37.9 Å². The zero-order chi connectivity index (χ0) is 19.5. The van der Waals surface area contributed by atoms with E-state index in [1.54, 1.807) is 14.2 Å². The molecule has 4 rings (SSSR count). The van der Waals surface area contributed by atoms with Crippen molar-refractivity contribution in [2.24, 2.45) is 0 Å². The molecule has 0 spiro atoms. The van der Waals surface area contributed by atoms with Gasteiger partial charge in [-0.3, -0.25) is 0 Å². The molecule has 0 heterocycles. The van der Waals surface area contributed by atoms with E-state index in [9.17, 15) is 0 Å². The number of halogens is 2. The standard InChI is InChI=1S/2C11H11O.2ClH.Zr/c2*1-12-8-10-7-6-9-4-2-3-5-11(9)10;;;/h2*2-7H,8H2,1H3;2*1H;/q2*-1;;;+4/p-2. The molecule has 0 atom stereocenters. The Kier molecular flexibility index (Phi) is 10.3. The molecule has 27 heavy (non-hydrogen) atoms. The van der Waals surface area contributed by atoms with Crippen molar-refractivity contribution >= 4 is 38.6 Å². The van der Waals surface area contributed by atoms with E-state index < -0.39 is 20.8 Å². The first-order valence-corrected chi connectivity index (χ1v) is 14.8. The van der Waals surface area contributed by atoms with Gasteiger partial charge in [-0.2, -0.15) is 0 Å². The molecule has 0 aromatic heterocycles. The molecule has 0 radical (unpaired) electrons. The van der Waals surface area contributed by atoms with Crippen LogP contribution >= 0.6 is 17.0 Å². The second kappa shape index (κ2) is 12.5. The third kappa shape index (κ3) is 6.55. The van der Waals surface area contributed by atoms with Crippen molar-refractivity contribution in [3.05, 3.63) is 83.9 Å². The van der Waals surface area contributed by atoms with Crippen LogP contribution in [0.2, 0.25) is 0 Å². The third-order valence-electron chi connectivity index (χ3n) is 4.14. The van der Waals surface area contributed by atoms with Crippen LogP contribution in [0.25, 0.3) is 21.5 Å². The molecule has 4 aromatic rings. The molecular weight excluding hydrogens is 458 g/mol. The van der Waals surface area contributed by atoms with E-state index in [2.05, 4.69) is 72.8 Å². The fraction of sp³-hybridized carbons (Fsp3) is 0.182. The molecule has 0 saturated carbocycles. The number of ether oxygens (including phenoxy) is 2. The number of benzene rings is 2. The van der Waals surface area contributed by atoms with Crippen LogP contribution in [-0.2, 0) is 43.5 Å². The van der Waals surface area contributed by atoms with E-state index >= 15 is 0 Å². The Morgan fingerprint density at radius 3 is 1.48 bits per heavy atom. The SMILES string of the molecule is COCc1c[cH-]c2ccccc12.COCc1c[cH-]c2ccccc12.[Cl][Zr+2][Cl]. The predicted molar refractivity (Wildman–Crippen MR) is 112 cm³/mol. The van der Waals surface area contributed by atoms with Crippen molar-refractivity contribution in [1.82, 2.24) is 0 Å². The van der Waals surface area contributed by atoms with Crippen LogP contribution in [-0.4, -0.2) is 14.2 Å². The van der Waals surface area contributed by atoms with Crippen molar-refractivity contribution in [2.75, 3.05) is 14.2 Å². The molecule has 0 fully saturated rings. The van der Waals surface area contributed by atoms with E-state index in [0.717, 1.165) is 0 Å². The Labute approximate surface area is 179 Å². The molecule has 0 amide bonds. The maximum atomic E-state index is 5.09. The summed E-state index contributed by atoms with van der Waals surface area (Å²) in [6.45, 7) is 1.40. The zero-order valence-electron chi connectivity index (χ0n) is 15.4. The van der Waals surface area contributed by atoms with Gasteiger partial charge in [0.1, 0.15) is 0 Å². The normalized spacial score (nSPS) is 9.93. The van der Waals surface area contributed by atoms with Crippen molar-refractivity contribution in [3.8, 4) is 0 Å². The van der Waals surface area contributed by atoms with E-state index in [4.69, 9.17) is 26.5 Å². The minimum atomic E-state index is -0.826. The van der Waals surface area contributed by atoms with Crippen molar-refractivity contribution in [1.29, 1.82) is 0 Å². The summed E-state index contributed by atoms with van der Waals surface area (Å²) in [5.41, 5.74) is 2.54. The van der Waals surface area contributed by atoms with E-state index in [1.807, 2.05) is 0 Å². The van der Waals surface area contributed by atoms with Crippen LogP contribution in [0.1, 0.15) is 11.1 Å². The molecule has 0 bridgehead atoms. The number of hydrogen-bond donors (Lipinski definition) is 0. The fourth-order valence-corrected chi connectivity index (χ4v) is 2.99. The molecule has 140 valence electrons. The number of methoxy groups -OCH3 is 2. The Hall–Kier alpha value is -0.957. The fourth-order valence-electron chi connectivity index (χ4n) is 2.99. The van der Waals surface area contributed by atoms with Crippen molar-refractivity contribution in [2.45, 2.75) is 13.2 Å². The first-order chi connectivity index (χ1) is 13.2. The van der Waals surface area contributed by atoms with Gasteiger partial charge < -0.3 is 9.47 Å². The molecule has 5 heteroatoms. The van der Waals surface area contributed by atoms with Crippen LogP contribution in [0.4, 0.5) is 0 Å². The summed E-state index contributed by atoms with van der Waals surface area (Å²) in [6, 6.07) is 25.2. The zero-order valence-corrected chi connectivity index (χ0v) is 19.4. The molecule has 0 N–H and O–H groups in total. The first kappa shape index (κ1) is 22.3. The summed E-state index contributed by atoms with van der Waals surface area (Å²) in [5.74, 6) is 0. The minimum absolute atomic E-state index is 0.702. The Morgan fingerprint density at radius 1 is 0.741 bits per heavy atom. The average molecular weight is 481 g/mol. The summed E-state index contributed by atoms with van der Waals surface area (Å²) < 4.78 is 10.2. The van der Waals surface area contributed by atoms with Crippen molar-refractivity contribution < 1.29 is 30.3 Å². The molecule has 0 saturated heterocycles. The van der Waals surface area contributed by atoms with Gasteiger partial charge in [0.25, 0.3) is 0 Å². The Balaban J connectivity index is 0.000000170. The van der Waals surface area contributed by atoms with Gasteiger partial charge in [0.15, 0.2) is 0 Å². The molecule has 0 aliphatic carbocycles. The second-order valence-electron chi connectivity index (χ2n) is 5.83. The monoisotopic (exact) mass is 478 g/mol. The number of hydrogen-bond acceptors (Lipinski definition) is 2. The summed E-state index contributed by atoms with van der Waals surface area (Å²) >= 11 is -0.826. The van der Waals surface area contributed by atoms with E-state index in [-0.39, 0.29) is 0 Å². The molecule has 0 aliphatic rings. The molecular formula is C22H22Cl2O2Zr. The second-order valence-corrected chi connectivity index (χ2v) is 9.56. The average Bonchev–Trinajstić information content (AvgIpc) is 3.29. The predicted octanol–water partition coefficient (Wildman–Crippen LogP) is 6.79. The van der Waals surface area contributed by atoms with Gasteiger partial charge in [0, 0.05) is 27.4 Å². The van der Waals surface area contributed by atoms with Crippen LogP contribution in [0, 0.1) is 0 Å². The summed E-state index contributed by atoms with van der Waals surface area (Å²) in [4.78, 5) is 0. The van der Waals surface area contributed by atoms with Gasteiger partial charge in [0.2, 0.25) is 0 Å².